The van der Waals surface area contributed by atoms with E-state index in [0.29, 0.717) is 17.4 Å². The minimum absolute atomic E-state index is 0.0906. The first-order valence-corrected chi connectivity index (χ1v) is 8.99. The Bertz CT molecular complexity index is 924. The Labute approximate surface area is 158 Å². The van der Waals surface area contributed by atoms with Gasteiger partial charge >= 0.3 is 0 Å². The third-order valence-electron chi connectivity index (χ3n) is 3.21. The molecule has 0 bridgehead atoms. The quantitative estimate of drug-likeness (QED) is 0.548. The summed E-state index contributed by atoms with van der Waals surface area (Å²) < 4.78 is 45.3. The minimum Gasteiger partial charge on any atom is -0.431 e. The first kappa shape index (κ1) is 18.5. The molecule has 2 aromatic carbocycles. The van der Waals surface area contributed by atoms with Gasteiger partial charge in [-0.15, -0.1) is 0 Å². The molecule has 3 rings (SSSR count). The van der Waals surface area contributed by atoms with Crippen LogP contribution in [0.4, 0.5) is 18.9 Å². The number of aromatic nitrogens is 1. The van der Waals surface area contributed by atoms with Crippen LogP contribution in [0.2, 0.25) is 0 Å². The predicted molar refractivity (Wildman–Crippen MR) is 95.3 cm³/mol. The Hall–Kier alpha value is -2.26. The fraction of sp³-hybridized carbons (Fsp3) is 0.0588. The van der Waals surface area contributed by atoms with Gasteiger partial charge in [-0.3, -0.25) is 4.79 Å². The molecular formula is C17H10BrF3N2O2S. The lowest BCUT2D eigenvalue weighted by molar-refractivity contribution is -0.113. The summed E-state index contributed by atoms with van der Waals surface area (Å²) in [7, 11) is 0. The van der Waals surface area contributed by atoms with Crippen LogP contribution in [0.25, 0.3) is 11.3 Å². The monoisotopic (exact) mass is 442 g/mol. The highest BCUT2D eigenvalue weighted by molar-refractivity contribution is 9.10. The van der Waals surface area contributed by atoms with Gasteiger partial charge in [0.05, 0.1) is 17.6 Å². The molecule has 1 aromatic heterocycles. The summed E-state index contributed by atoms with van der Waals surface area (Å²) in [6.45, 7) is 0. The minimum atomic E-state index is -0.884. The van der Waals surface area contributed by atoms with Crippen molar-refractivity contribution in [2.45, 2.75) is 5.22 Å². The van der Waals surface area contributed by atoms with E-state index in [0.717, 1.165) is 17.8 Å². The average Bonchev–Trinajstić information content (AvgIpc) is 3.06. The van der Waals surface area contributed by atoms with Crippen LogP contribution in [0.15, 0.2) is 56.7 Å². The highest BCUT2D eigenvalue weighted by Crippen LogP contribution is 2.28. The van der Waals surface area contributed by atoms with Crippen LogP contribution in [0.3, 0.4) is 0 Å². The topological polar surface area (TPSA) is 55.1 Å². The maximum Gasteiger partial charge on any atom is 0.256 e. The normalized spacial score (nSPS) is 10.8. The standard InChI is InChI=1S/C17H10BrF3N2O2S/c18-12-5-11(20)6-13(21)16(12)23-15(24)8-26-17-22-7-14(25-17)9-1-3-10(19)4-2-9/h1-7H,8H2,(H,23,24). The number of hydrogen-bond donors (Lipinski definition) is 1. The van der Waals surface area contributed by atoms with Crippen molar-refractivity contribution in [1.29, 1.82) is 0 Å². The van der Waals surface area contributed by atoms with Gasteiger partial charge in [0, 0.05) is 16.1 Å². The number of rotatable bonds is 5. The number of benzene rings is 2. The molecule has 0 saturated carbocycles. The molecule has 1 amide bonds. The summed E-state index contributed by atoms with van der Waals surface area (Å²) in [6.07, 6.45) is 1.46. The number of nitrogens with zero attached hydrogens (tertiary/aromatic N) is 1. The smallest absolute Gasteiger partial charge is 0.256 e. The molecule has 0 saturated heterocycles. The summed E-state index contributed by atoms with van der Waals surface area (Å²) in [5.74, 6) is -2.17. The summed E-state index contributed by atoms with van der Waals surface area (Å²) in [4.78, 5) is 16.0. The SMILES string of the molecule is O=C(CSc1ncc(-c2ccc(F)cc2)o1)Nc1c(F)cc(F)cc1Br. The first-order chi connectivity index (χ1) is 12.4. The van der Waals surface area contributed by atoms with Crippen LogP contribution in [0, 0.1) is 17.5 Å². The molecule has 9 heteroatoms. The number of halogens is 4. The molecule has 0 fully saturated rings. The van der Waals surface area contributed by atoms with E-state index in [4.69, 9.17) is 4.42 Å². The average molecular weight is 443 g/mol. The molecule has 1 heterocycles. The second-order valence-electron chi connectivity index (χ2n) is 5.08. The first-order valence-electron chi connectivity index (χ1n) is 7.21. The van der Waals surface area contributed by atoms with Crippen LogP contribution in [-0.4, -0.2) is 16.6 Å². The molecule has 134 valence electrons. The molecule has 3 aromatic rings. The van der Waals surface area contributed by atoms with Crippen molar-refractivity contribution < 1.29 is 22.4 Å². The molecule has 0 radical (unpaired) electrons. The van der Waals surface area contributed by atoms with Crippen LogP contribution in [-0.2, 0) is 4.79 Å². The van der Waals surface area contributed by atoms with E-state index in [2.05, 4.69) is 26.2 Å². The van der Waals surface area contributed by atoms with Crippen molar-refractivity contribution in [3.63, 3.8) is 0 Å². The second-order valence-corrected chi connectivity index (χ2v) is 6.86. The summed E-state index contributed by atoms with van der Waals surface area (Å²) in [5, 5.41) is 2.60. The maximum absolute atomic E-state index is 13.7. The third-order valence-corrected chi connectivity index (χ3v) is 4.68. The van der Waals surface area contributed by atoms with Crippen LogP contribution in [0.1, 0.15) is 0 Å². The highest BCUT2D eigenvalue weighted by atomic mass is 79.9. The van der Waals surface area contributed by atoms with E-state index in [9.17, 15) is 18.0 Å². The van der Waals surface area contributed by atoms with E-state index in [1.54, 1.807) is 12.1 Å². The molecule has 0 aliphatic heterocycles. The van der Waals surface area contributed by atoms with Crippen molar-refractivity contribution in [1.82, 2.24) is 4.98 Å². The number of thioether (sulfide) groups is 1. The van der Waals surface area contributed by atoms with Gasteiger partial charge in [-0.05, 0) is 46.3 Å². The zero-order chi connectivity index (χ0) is 18.7. The third kappa shape index (κ3) is 4.47. The molecule has 0 spiro atoms. The Balaban J connectivity index is 1.61. The Morgan fingerprint density at radius 2 is 1.88 bits per heavy atom. The zero-order valence-corrected chi connectivity index (χ0v) is 15.3. The van der Waals surface area contributed by atoms with Crippen LogP contribution < -0.4 is 5.32 Å². The van der Waals surface area contributed by atoms with E-state index < -0.39 is 17.5 Å². The van der Waals surface area contributed by atoms with Gasteiger partial charge in [-0.1, -0.05) is 11.8 Å². The van der Waals surface area contributed by atoms with Gasteiger partial charge in [-0.25, -0.2) is 18.2 Å². The van der Waals surface area contributed by atoms with E-state index >= 15 is 0 Å². The summed E-state index contributed by atoms with van der Waals surface area (Å²) >= 11 is 4.00. The number of carbonyl (C=O) groups excluding carboxylic acids is 1. The van der Waals surface area contributed by atoms with Crippen molar-refractivity contribution in [3.8, 4) is 11.3 Å². The lowest BCUT2D eigenvalue weighted by Crippen LogP contribution is -2.15. The number of nitrogens with one attached hydrogen (secondary N) is 1. The summed E-state index contributed by atoms with van der Waals surface area (Å²) in [5.41, 5.74) is 0.504. The molecular weight excluding hydrogens is 433 g/mol. The predicted octanol–water partition coefficient (Wildman–Crippen LogP) is 5.25. The van der Waals surface area contributed by atoms with Crippen LogP contribution in [0.5, 0.6) is 0 Å². The van der Waals surface area contributed by atoms with Crippen molar-refractivity contribution >= 4 is 39.3 Å². The molecule has 0 atom stereocenters. The Morgan fingerprint density at radius 3 is 2.58 bits per heavy atom. The van der Waals surface area contributed by atoms with Gasteiger partial charge < -0.3 is 9.73 Å². The second kappa shape index (κ2) is 7.96. The van der Waals surface area contributed by atoms with Gasteiger partial charge in [0.2, 0.25) is 5.91 Å². The number of amides is 1. The van der Waals surface area contributed by atoms with E-state index in [1.807, 2.05) is 0 Å². The highest BCUT2D eigenvalue weighted by Gasteiger charge is 2.14. The number of anilines is 1. The summed E-state index contributed by atoms with van der Waals surface area (Å²) in [6, 6.07) is 7.42. The van der Waals surface area contributed by atoms with Crippen LogP contribution >= 0.6 is 27.7 Å². The van der Waals surface area contributed by atoms with Crippen molar-refractivity contribution in [2.75, 3.05) is 11.1 Å². The number of carbonyl (C=O) groups is 1. The lowest BCUT2D eigenvalue weighted by atomic mass is 10.2. The number of oxazole rings is 1. The molecule has 0 aliphatic carbocycles. The van der Waals surface area contributed by atoms with Crippen molar-refractivity contribution in [3.05, 3.63) is 64.5 Å². The van der Waals surface area contributed by atoms with Gasteiger partial charge in [0.15, 0.2) is 11.6 Å². The maximum atomic E-state index is 13.7. The Kier molecular flexibility index (Phi) is 5.67. The lowest BCUT2D eigenvalue weighted by Gasteiger charge is -2.08. The number of hydrogen-bond acceptors (Lipinski definition) is 4. The zero-order valence-electron chi connectivity index (χ0n) is 12.9. The molecule has 26 heavy (non-hydrogen) atoms. The van der Waals surface area contributed by atoms with E-state index in [1.165, 1.54) is 18.3 Å². The fourth-order valence-corrected chi connectivity index (χ4v) is 3.15. The van der Waals surface area contributed by atoms with Gasteiger partial charge in [0.25, 0.3) is 5.22 Å². The van der Waals surface area contributed by atoms with E-state index in [-0.39, 0.29) is 27.0 Å². The van der Waals surface area contributed by atoms with Gasteiger partial charge in [-0.2, -0.15) is 0 Å². The largest absolute Gasteiger partial charge is 0.431 e. The Morgan fingerprint density at radius 1 is 1.15 bits per heavy atom. The fourth-order valence-electron chi connectivity index (χ4n) is 2.04. The molecule has 1 N–H and O–H groups in total. The molecule has 4 nitrogen and oxygen atoms in total. The molecule has 0 aliphatic rings. The van der Waals surface area contributed by atoms with Gasteiger partial charge in [0.1, 0.15) is 11.6 Å². The molecule has 0 unspecified atom stereocenters. The van der Waals surface area contributed by atoms with Crippen molar-refractivity contribution in [2.24, 2.45) is 0 Å².